The molecule has 2 saturated heterocycles. The Morgan fingerprint density at radius 1 is 1.03 bits per heavy atom. The van der Waals surface area contributed by atoms with Gasteiger partial charge in [0.2, 0.25) is 5.91 Å². The Kier molecular flexibility index (Phi) is 13.4. The summed E-state index contributed by atoms with van der Waals surface area (Å²) in [6.45, 7) is 4.22. The van der Waals surface area contributed by atoms with E-state index < -0.39 is 0 Å². The maximum absolute atomic E-state index is 11.9. The largest absolute Gasteiger partial charge is 0.377 e. The SMILES string of the molecule is C#CCOCCOCCOCCOCCNC(=O)CCCCC1SC[C@@H]2NC(=O)N[C@H]12. The number of terminal acetylenes is 1. The summed E-state index contributed by atoms with van der Waals surface area (Å²) >= 11 is 1.90. The standard InChI is InChI=1S/C21H35N3O6S/c1-2-8-27-10-12-29-14-15-30-13-11-28-9-7-22-19(25)6-4-3-5-18-20-17(16-31-18)23-21(26)24-20/h1,17-18,20H,3-16H2,(H,22,25)(H2,23,24,26)/t17-,18?,20-/m0/s1. The molecule has 0 aromatic heterocycles. The van der Waals surface area contributed by atoms with Gasteiger partial charge >= 0.3 is 6.03 Å². The fourth-order valence-electron chi connectivity index (χ4n) is 3.42. The molecule has 0 aromatic carbocycles. The number of thioether (sulfide) groups is 1. The van der Waals surface area contributed by atoms with Crippen LogP contribution in [0.3, 0.4) is 0 Å². The van der Waals surface area contributed by atoms with E-state index in [9.17, 15) is 9.59 Å². The molecular formula is C21H35N3O6S. The fraction of sp³-hybridized carbons (Fsp3) is 0.810. The van der Waals surface area contributed by atoms with Crippen molar-refractivity contribution in [3.63, 3.8) is 0 Å². The summed E-state index contributed by atoms with van der Waals surface area (Å²) in [7, 11) is 0. The number of hydrogen-bond donors (Lipinski definition) is 3. The molecule has 2 rings (SSSR count). The van der Waals surface area contributed by atoms with E-state index in [1.165, 1.54) is 0 Å². The van der Waals surface area contributed by atoms with Gasteiger partial charge in [-0.15, -0.1) is 6.42 Å². The van der Waals surface area contributed by atoms with Crippen LogP contribution in [0.15, 0.2) is 0 Å². The van der Waals surface area contributed by atoms with Gasteiger partial charge in [0, 0.05) is 24.0 Å². The van der Waals surface area contributed by atoms with Crippen LogP contribution in [0.1, 0.15) is 25.7 Å². The lowest BCUT2D eigenvalue weighted by Crippen LogP contribution is -2.36. The van der Waals surface area contributed by atoms with Crippen LogP contribution in [0, 0.1) is 12.3 Å². The van der Waals surface area contributed by atoms with E-state index in [-0.39, 0.29) is 24.0 Å². The van der Waals surface area contributed by atoms with Gasteiger partial charge in [-0.2, -0.15) is 11.8 Å². The Morgan fingerprint density at radius 2 is 1.71 bits per heavy atom. The normalized spacial score (nSPS) is 21.9. The average molecular weight is 458 g/mol. The van der Waals surface area contributed by atoms with Crippen molar-refractivity contribution in [1.29, 1.82) is 0 Å². The molecule has 31 heavy (non-hydrogen) atoms. The molecule has 0 aromatic rings. The van der Waals surface area contributed by atoms with Crippen LogP contribution < -0.4 is 16.0 Å². The minimum absolute atomic E-state index is 0.0519. The number of rotatable bonds is 18. The average Bonchev–Trinajstić information content (AvgIpc) is 3.30. The van der Waals surface area contributed by atoms with E-state index in [1.807, 2.05) is 11.8 Å². The molecule has 3 atom stereocenters. The Hall–Kier alpha value is -1.51. The number of urea groups is 1. The van der Waals surface area contributed by atoms with Crippen LogP contribution in [-0.2, 0) is 23.7 Å². The van der Waals surface area contributed by atoms with Crippen LogP contribution in [0.25, 0.3) is 0 Å². The van der Waals surface area contributed by atoms with Crippen LogP contribution in [-0.4, -0.2) is 94.4 Å². The molecule has 3 N–H and O–H groups in total. The molecule has 3 amide bonds. The minimum Gasteiger partial charge on any atom is -0.377 e. The lowest BCUT2D eigenvalue weighted by Gasteiger charge is -2.16. The van der Waals surface area contributed by atoms with Gasteiger partial charge in [0.15, 0.2) is 0 Å². The summed E-state index contributed by atoms with van der Waals surface area (Å²) in [5.74, 6) is 3.41. The molecule has 2 aliphatic heterocycles. The molecular weight excluding hydrogens is 422 g/mol. The van der Waals surface area contributed by atoms with Crippen molar-refractivity contribution < 1.29 is 28.5 Å². The lowest BCUT2D eigenvalue weighted by atomic mass is 10.0. The molecule has 0 bridgehead atoms. The van der Waals surface area contributed by atoms with E-state index in [2.05, 4.69) is 21.9 Å². The van der Waals surface area contributed by atoms with E-state index in [0.717, 1.165) is 25.0 Å². The van der Waals surface area contributed by atoms with Crippen molar-refractivity contribution >= 4 is 23.7 Å². The highest BCUT2D eigenvalue weighted by atomic mass is 32.2. The first-order valence-corrected chi connectivity index (χ1v) is 12.0. The number of hydrogen-bond acceptors (Lipinski definition) is 7. The van der Waals surface area contributed by atoms with E-state index in [1.54, 1.807) is 0 Å². The highest BCUT2D eigenvalue weighted by molar-refractivity contribution is 8.00. The first kappa shape index (κ1) is 25.7. The zero-order chi connectivity index (χ0) is 22.2. The Balaban J connectivity index is 1.30. The molecule has 0 aliphatic carbocycles. The Morgan fingerprint density at radius 3 is 2.42 bits per heavy atom. The van der Waals surface area contributed by atoms with Crippen molar-refractivity contribution in [1.82, 2.24) is 16.0 Å². The van der Waals surface area contributed by atoms with Crippen LogP contribution in [0.4, 0.5) is 4.79 Å². The third-order valence-corrected chi connectivity index (χ3v) is 6.46. The summed E-state index contributed by atoms with van der Waals surface area (Å²) in [6, 6.07) is 0.439. The van der Waals surface area contributed by atoms with Crippen LogP contribution in [0.5, 0.6) is 0 Å². The van der Waals surface area contributed by atoms with Gasteiger partial charge in [0.1, 0.15) is 6.61 Å². The first-order chi connectivity index (χ1) is 15.2. The van der Waals surface area contributed by atoms with Gasteiger partial charge in [-0.25, -0.2) is 4.79 Å². The quantitative estimate of drug-likeness (QED) is 0.157. The smallest absolute Gasteiger partial charge is 0.315 e. The number of fused-ring (bicyclic) bond motifs is 1. The highest BCUT2D eigenvalue weighted by Gasteiger charge is 2.42. The van der Waals surface area contributed by atoms with Gasteiger partial charge in [0.05, 0.1) is 58.3 Å². The number of ether oxygens (including phenoxy) is 4. The zero-order valence-electron chi connectivity index (χ0n) is 18.1. The minimum atomic E-state index is -0.0548. The molecule has 10 heteroatoms. The van der Waals surface area contributed by atoms with Crippen LogP contribution >= 0.6 is 11.8 Å². The molecule has 0 spiro atoms. The molecule has 2 aliphatic rings. The predicted molar refractivity (Wildman–Crippen MR) is 119 cm³/mol. The van der Waals surface area contributed by atoms with Gasteiger partial charge < -0.3 is 34.9 Å². The monoisotopic (exact) mass is 457 g/mol. The van der Waals surface area contributed by atoms with Crippen molar-refractivity contribution in [2.75, 3.05) is 65.2 Å². The van der Waals surface area contributed by atoms with Crippen molar-refractivity contribution in [3.8, 4) is 12.3 Å². The Bertz CT molecular complexity index is 574. The number of unbranched alkanes of at least 4 members (excludes halogenated alkanes) is 1. The molecule has 2 fully saturated rings. The van der Waals surface area contributed by atoms with E-state index in [4.69, 9.17) is 25.4 Å². The fourth-order valence-corrected chi connectivity index (χ4v) is 4.96. The molecule has 176 valence electrons. The summed E-state index contributed by atoms with van der Waals surface area (Å²) in [4.78, 5) is 23.3. The molecule has 9 nitrogen and oxygen atoms in total. The van der Waals surface area contributed by atoms with Gasteiger partial charge in [-0.3, -0.25) is 4.79 Å². The third kappa shape index (κ3) is 11.1. The first-order valence-electron chi connectivity index (χ1n) is 10.9. The second-order valence-corrected chi connectivity index (χ2v) is 8.58. The maximum Gasteiger partial charge on any atom is 0.315 e. The Labute approximate surface area is 189 Å². The second-order valence-electron chi connectivity index (χ2n) is 7.31. The number of amides is 3. The highest BCUT2D eigenvalue weighted by Crippen LogP contribution is 2.33. The van der Waals surface area contributed by atoms with E-state index in [0.29, 0.717) is 71.1 Å². The third-order valence-electron chi connectivity index (χ3n) is 4.95. The van der Waals surface area contributed by atoms with Crippen molar-refractivity contribution in [2.45, 2.75) is 43.0 Å². The van der Waals surface area contributed by atoms with Crippen molar-refractivity contribution in [3.05, 3.63) is 0 Å². The lowest BCUT2D eigenvalue weighted by molar-refractivity contribution is -0.121. The van der Waals surface area contributed by atoms with Crippen LogP contribution in [0.2, 0.25) is 0 Å². The summed E-state index contributed by atoms with van der Waals surface area (Å²) < 4.78 is 21.2. The van der Waals surface area contributed by atoms with Gasteiger partial charge in [-0.05, 0) is 12.8 Å². The van der Waals surface area contributed by atoms with Crippen molar-refractivity contribution in [2.24, 2.45) is 0 Å². The number of nitrogens with one attached hydrogen (secondary N) is 3. The number of carbonyl (C=O) groups is 2. The predicted octanol–water partition coefficient (Wildman–Crippen LogP) is 0.528. The summed E-state index contributed by atoms with van der Waals surface area (Å²) in [5, 5.41) is 9.26. The summed E-state index contributed by atoms with van der Waals surface area (Å²) in [5.41, 5.74) is 0. The summed E-state index contributed by atoms with van der Waals surface area (Å²) in [6.07, 6.45) is 8.45. The molecule has 1 unspecified atom stereocenters. The van der Waals surface area contributed by atoms with E-state index >= 15 is 0 Å². The van der Waals surface area contributed by atoms with Gasteiger partial charge in [-0.1, -0.05) is 12.3 Å². The molecule has 2 heterocycles. The topological polar surface area (TPSA) is 107 Å². The maximum atomic E-state index is 11.9. The molecule has 0 saturated carbocycles. The number of carbonyl (C=O) groups excluding carboxylic acids is 2. The van der Waals surface area contributed by atoms with Gasteiger partial charge in [0.25, 0.3) is 0 Å². The zero-order valence-corrected chi connectivity index (χ0v) is 18.9. The molecule has 0 radical (unpaired) electrons. The second kappa shape index (κ2) is 16.2.